The van der Waals surface area contributed by atoms with Gasteiger partial charge in [-0.25, -0.2) is 9.97 Å². The van der Waals surface area contributed by atoms with Gasteiger partial charge in [-0.3, -0.25) is 0 Å². The molecule has 8 aromatic carbocycles. The summed E-state index contributed by atoms with van der Waals surface area (Å²) < 4.78 is 3.63. The van der Waals surface area contributed by atoms with Gasteiger partial charge in [-0.1, -0.05) is 158 Å². The molecule has 0 aliphatic carbocycles. The van der Waals surface area contributed by atoms with E-state index in [1.165, 1.54) is 54.1 Å². The van der Waals surface area contributed by atoms with Crippen LogP contribution in [0, 0.1) is 0 Å². The molecule has 4 heteroatoms. The number of thiophene rings is 1. The Bertz CT molecular complexity index is 3250. The molecule has 11 aromatic rings. The molecule has 0 fully saturated rings. The maximum absolute atomic E-state index is 5.27. The van der Waals surface area contributed by atoms with Crippen LogP contribution in [0.3, 0.4) is 0 Å². The summed E-state index contributed by atoms with van der Waals surface area (Å²) in [6.07, 6.45) is 0. The van der Waals surface area contributed by atoms with Gasteiger partial charge in [-0.15, -0.1) is 11.3 Å². The van der Waals surface area contributed by atoms with Crippen molar-refractivity contribution >= 4 is 53.4 Å². The summed E-state index contributed by atoms with van der Waals surface area (Å²) in [6.45, 7) is 0. The van der Waals surface area contributed by atoms with Gasteiger partial charge in [0.25, 0.3) is 0 Å². The number of aromatic nitrogens is 3. The van der Waals surface area contributed by atoms with Gasteiger partial charge in [0.1, 0.15) is 4.83 Å². The second-order valence-electron chi connectivity index (χ2n) is 14.2. The first kappa shape index (κ1) is 32.3. The summed E-state index contributed by atoms with van der Waals surface area (Å²) in [5.74, 6) is 0.731. The molecule has 11 rings (SSSR count). The van der Waals surface area contributed by atoms with Crippen molar-refractivity contribution in [1.29, 1.82) is 0 Å². The van der Waals surface area contributed by atoms with Gasteiger partial charge in [0, 0.05) is 43.1 Å². The third kappa shape index (κ3) is 5.42. The van der Waals surface area contributed by atoms with Crippen LogP contribution in [0.1, 0.15) is 0 Å². The van der Waals surface area contributed by atoms with Crippen molar-refractivity contribution in [2.24, 2.45) is 0 Å². The fraction of sp³-hybridized carbons (Fsp3) is 0. The number of para-hydroxylation sites is 1. The summed E-state index contributed by atoms with van der Waals surface area (Å²) in [4.78, 5) is 11.5. The summed E-state index contributed by atoms with van der Waals surface area (Å²) in [5, 5.41) is 4.79. The van der Waals surface area contributed by atoms with Gasteiger partial charge in [0.15, 0.2) is 5.82 Å². The number of hydrogen-bond acceptors (Lipinski definition) is 3. The molecule has 56 heavy (non-hydrogen) atoms. The molecule has 0 saturated heterocycles. The maximum Gasteiger partial charge on any atom is 0.161 e. The molecule has 0 aliphatic heterocycles. The highest BCUT2D eigenvalue weighted by Crippen LogP contribution is 2.42. The van der Waals surface area contributed by atoms with E-state index in [4.69, 9.17) is 9.97 Å². The van der Waals surface area contributed by atoms with Gasteiger partial charge in [-0.05, 0) is 75.8 Å². The molecule has 0 N–H and O–H groups in total. The molecule has 3 heterocycles. The van der Waals surface area contributed by atoms with Gasteiger partial charge >= 0.3 is 0 Å². The first-order valence-electron chi connectivity index (χ1n) is 18.9. The lowest BCUT2D eigenvalue weighted by Crippen LogP contribution is -1.94. The minimum Gasteiger partial charge on any atom is -0.309 e. The van der Waals surface area contributed by atoms with Crippen LogP contribution in [0.4, 0.5) is 0 Å². The number of hydrogen-bond donors (Lipinski definition) is 0. The first-order valence-corrected chi connectivity index (χ1v) is 19.7. The zero-order chi connectivity index (χ0) is 37.0. The molecule has 0 atom stereocenters. The Balaban J connectivity index is 1.03. The lowest BCUT2D eigenvalue weighted by atomic mass is 9.95. The average molecular weight is 732 g/mol. The highest BCUT2D eigenvalue weighted by atomic mass is 32.1. The monoisotopic (exact) mass is 731 g/mol. The molecular formula is C52H33N3S. The summed E-state index contributed by atoms with van der Waals surface area (Å²) in [6, 6.07) is 71.5. The molecular weight excluding hydrogens is 699 g/mol. The second kappa shape index (κ2) is 13.3. The standard InChI is InChI=1S/C52H33N3S/c1-3-15-34(16-4-1)38-21-13-24-41(33-38)55-45-28-9-7-25-43(45)48-42(27-14-29-46(48)55)39-22-11-19-36(31-39)37-20-12-23-40(32-37)51-53-50(35-17-5-2-6-18-35)49-44-26-8-10-30-47(44)56-52(49)54-51/h1-33H. The van der Waals surface area contributed by atoms with Crippen LogP contribution in [-0.2, 0) is 0 Å². The van der Waals surface area contributed by atoms with Crippen molar-refractivity contribution < 1.29 is 0 Å². The number of nitrogens with zero attached hydrogens (tertiary/aromatic N) is 3. The molecule has 0 amide bonds. The summed E-state index contributed by atoms with van der Waals surface area (Å²) in [7, 11) is 0. The van der Waals surface area contributed by atoms with Crippen LogP contribution in [0.25, 0.3) is 104 Å². The Morgan fingerprint density at radius 1 is 0.375 bits per heavy atom. The zero-order valence-electron chi connectivity index (χ0n) is 30.3. The lowest BCUT2D eigenvalue weighted by Gasteiger charge is -2.12. The van der Waals surface area contributed by atoms with Crippen LogP contribution in [0.15, 0.2) is 200 Å². The molecule has 0 radical (unpaired) electrons. The van der Waals surface area contributed by atoms with Crippen molar-refractivity contribution in [3.8, 4) is 61.7 Å². The van der Waals surface area contributed by atoms with Crippen LogP contribution >= 0.6 is 11.3 Å². The van der Waals surface area contributed by atoms with Crippen LogP contribution < -0.4 is 0 Å². The molecule has 0 bridgehead atoms. The van der Waals surface area contributed by atoms with Crippen molar-refractivity contribution in [3.63, 3.8) is 0 Å². The van der Waals surface area contributed by atoms with Crippen LogP contribution in [0.2, 0.25) is 0 Å². The molecule has 3 nitrogen and oxygen atoms in total. The normalized spacial score (nSPS) is 11.6. The molecule has 262 valence electrons. The molecule has 0 saturated carbocycles. The van der Waals surface area contributed by atoms with E-state index in [9.17, 15) is 0 Å². The lowest BCUT2D eigenvalue weighted by molar-refractivity contribution is 1.18. The topological polar surface area (TPSA) is 30.7 Å². The van der Waals surface area contributed by atoms with Crippen molar-refractivity contribution in [3.05, 3.63) is 200 Å². The van der Waals surface area contributed by atoms with Crippen LogP contribution in [-0.4, -0.2) is 14.5 Å². The minimum atomic E-state index is 0.731. The first-order chi connectivity index (χ1) is 27.8. The Hall–Kier alpha value is -7.14. The van der Waals surface area contributed by atoms with Gasteiger partial charge in [-0.2, -0.15) is 0 Å². The van der Waals surface area contributed by atoms with Crippen LogP contribution in [0.5, 0.6) is 0 Å². The highest BCUT2D eigenvalue weighted by molar-refractivity contribution is 7.25. The average Bonchev–Trinajstić information content (AvgIpc) is 3.83. The Kier molecular flexibility index (Phi) is 7.68. The fourth-order valence-corrected chi connectivity index (χ4v) is 9.33. The maximum atomic E-state index is 5.27. The Labute approximate surface area is 328 Å². The van der Waals surface area contributed by atoms with Crippen molar-refractivity contribution in [2.45, 2.75) is 0 Å². The second-order valence-corrected chi connectivity index (χ2v) is 15.2. The molecule has 0 aliphatic rings. The van der Waals surface area contributed by atoms with E-state index in [0.29, 0.717) is 0 Å². The third-order valence-corrected chi connectivity index (χ3v) is 11.9. The molecule has 0 unspecified atom stereocenters. The zero-order valence-corrected chi connectivity index (χ0v) is 31.1. The highest BCUT2D eigenvalue weighted by Gasteiger charge is 2.19. The van der Waals surface area contributed by atoms with Gasteiger partial charge in [0.05, 0.1) is 16.7 Å². The van der Waals surface area contributed by atoms with E-state index >= 15 is 0 Å². The molecule has 0 spiro atoms. The number of rotatable bonds is 6. The van der Waals surface area contributed by atoms with E-state index < -0.39 is 0 Å². The summed E-state index contributed by atoms with van der Waals surface area (Å²) in [5.41, 5.74) is 13.6. The van der Waals surface area contributed by atoms with E-state index in [1.807, 2.05) is 0 Å². The Morgan fingerprint density at radius 2 is 0.946 bits per heavy atom. The van der Waals surface area contributed by atoms with E-state index in [2.05, 4.69) is 205 Å². The predicted octanol–water partition coefficient (Wildman–Crippen LogP) is 14.3. The van der Waals surface area contributed by atoms with E-state index in [1.54, 1.807) is 11.3 Å². The number of benzene rings is 8. The van der Waals surface area contributed by atoms with E-state index in [0.717, 1.165) is 49.7 Å². The summed E-state index contributed by atoms with van der Waals surface area (Å²) >= 11 is 1.73. The van der Waals surface area contributed by atoms with E-state index in [-0.39, 0.29) is 0 Å². The minimum absolute atomic E-state index is 0.731. The van der Waals surface area contributed by atoms with Gasteiger partial charge < -0.3 is 4.57 Å². The third-order valence-electron chi connectivity index (χ3n) is 10.8. The van der Waals surface area contributed by atoms with Crippen molar-refractivity contribution in [2.75, 3.05) is 0 Å². The van der Waals surface area contributed by atoms with Gasteiger partial charge in [0.2, 0.25) is 0 Å². The largest absolute Gasteiger partial charge is 0.309 e. The quantitative estimate of drug-likeness (QED) is 0.170. The van der Waals surface area contributed by atoms with Crippen molar-refractivity contribution in [1.82, 2.24) is 14.5 Å². The molecule has 3 aromatic heterocycles. The predicted molar refractivity (Wildman–Crippen MR) is 236 cm³/mol. The smallest absolute Gasteiger partial charge is 0.161 e. The SMILES string of the molecule is c1ccc(-c2cccc(-n3c4ccccc4c4c(-c5cccc(-c6cccc(-c7nc(-c8ccccc8)c8c(n7)sc7ccccc78)c6)c5)cccc43)c2)cc1. The Morgan fingerprint density at radius 3 is 1.75 bits per heavy atom. The number of fused-ring (bicyclic) bond motifs is 6. The fourth-order valence-electron chi connectivity index (χ4n) is 8.25.